The van der Waals surface area contributed by atoms with E-state index in [0.717, 1.165) is 51.4 Å². The topological polar surface area (TPSA) is 70.1 Å². The number of hydrogen-bond donors (Lipinski definition) is 1. The quantitative estimate of drug-likeness (QED) is 0.471. The maximum Gasteiger partial charge on any atom is 0.253 e. The van der Waals surface area contributed by atoms with Crippen molar-refractivity contribution in [3.05, 3.63) is 36.5 Å². The van der Waals surface area contributed by atoms with E-state index in [2.05, 4.69) is 26.9 Å². The third-order valence-electron chi connectivity index (χ3n) is 6.88. The van der Waals surface area contributed by atoms with Crippen LogP contribution < -0.4 is 10.3 Å². The number of piperidine rings is 1. The molecular weight excluding hydrogens is 402 g/mol. The van der Waals surface area contributed by atoms with Gasteiger partial charge in [-0.15, -0.1) is 6.58 Å². The summed E-state index contributed by atoms with van der Waals surface area (Å²) in [5.41, 5.74) is 0.624. The largest absolute Gasteiger partial charge is 0.377 e. The summed E-state index contributed by atoms with van der Waals surface area (Å²) in [4.78, 5) is 20.0. The minimum absolute atomic E-state index is 0.0137. The van der Waals surface area contributed by atoms with Crippen LogP contribution in [0.2, 0.25) is 0 Å². The molecule has 3 atom stereocenters. The number of nitrogens with one attached hydrogen (secondary N) is 1. The fourth-order valence-electron chi connectivity index (χ4n) is 5.21. The Morgan fingerprint density at radius 3 is 2.91 bits per heavy atom. The van der Waals surface area contributed by atoms with Crippen molar-refractivity contribution in [1.29, 1.82) is 0 Å². The molecule has 0 aromatic carbocycles. The zero-order valence-electron chi connectivity index (χ0n) is 19.1. The van der Waals surface area contributed by atoms with Crippen molar-refractivity contribution in [2.24, 2.45) is 16.9 Å². The van der Waals surface area contributed by atoms with Gasteiger partial charge in [0, 0.05) is 44.5 Å². The molecule has 3 heterocycles. The Kier molecular flexibility index (Phi) is 8.29. The van der Waals surface area contributed by atoms with Crippen LogP contribution in [0.15, 0.2) is 36.1 Å². The molecule has 0 bridgehead atoms. The highest BCUT2D eigenvalue weighted by Crippen LogP contribution is 2.28. The van der Waals surface area contributed by atoms with E-state index in [0.29, 0.717) is 24.0 Å². The number of likely N-dealkylation sites (tertiary alicyclic amines) is 1. The number of hydrogen-bond acceptors (Lipinski definition) is 6. The summed E-state index contributed by atoms with van der Waals surface area (Å²) < 4.78 is 5.71. The van der Waals surface area contributed by atoms with Crippen molar-refractivity contribution >= 4 is 17.9 Å². The number of carbonyl (C=O) groups is 1. The van der Waals surface area contributed by atoms with E-state index in [1.165, 1.54) is 32.1 Å². The fourth-order valence-corrected chi connectivity index (χ4v) is 5.21. The van der Waals surface area contributed by atoms with E-state index < -0.39 is 0 Å². The van der Waals surface area contributed by atoms with Gasteiger partial charge in [0.25, 0.3) is 5.91 Å². The number of hydrazone groups is 1. The first-order valence-electron chi connectivity index (χ1n) is 12.2. The van der Waals surface area contributed by atoms with Crippen LogP contribution in [0.4, 0.5) is 5.82 Å². The lowest BCUT2D eigenvalue weighted by atomic mass is 9.83. The average molecular weight is 440 g/mol. The van der Waals surface area contributed by atoms with Gasteiger partial charge in [-0.1, -0.05) is 18.9 Å². The summed E-state index contributed by atoms with van der Waals surface area (Å²) >= 11 is 0. The molecule has 1 aromatic heterocycles. The third kappa shape index (κ3) is 6.17. The predicted molar refractivity (Wildman–Crippen MR) is 128 cm³/mol. The van der Waals surface area contributed by atoms with Gasteiger partial charge in [0.1, 0.15) is 5.82 Å². The molecule has 2 aliphatic heterocycles. The smallest absolute Gasteiger partial charge is 0.253 e. The van der Waals surface area contributed by atoms with Crippen molar-refractivity contribution < 1.29 is 9.53 Å². The van der Waals surface area contributed by atoms with Gasteiger partial charge in [-0.3, -0.25) is 4.79 Å². The molecule has 1 saturated carbocycles. The van der Waals surface area contributed by atoms with Gasteiger partial charge in [-0.25, -0.2) is 9.99 Å². The average Bonchev–Trinajstić information content (AvgIpc) is 3.36. The van der Waals surface area contributed by atoms with Crippen molar-refractivity contribution in [3.63, 3.8) is 0 Å². The molecule has 1 amide bonds. The van der Waals surface area contributed by atoms with Crippen molar-refractivity contribution in [1.82, 2.24) is 15.2 Å². The second-order valence-electron chi connectivity index (χ2n) is 9.33. The van der Waals surface area contributed by atoms with E-state index in [1.54, 1.807) is 6.20 Å². The van der Waals surface area contributed by atoms with Gasteiger partial charge in [-0.2, -0.15) is 5.10 Å². The van der Waals surface area contributed by atoms with Gasteiger partial charge in [0.15, 0.2) is 0 Å². The number of carbonyl (C=O) groups excluding carboxylic acids is 1. The highest BCUT2D eigenvalue weighted by atomic mass is 16.5. The summed E-state index contributed by atoms with van der Waals surface area (Å²) in [6.07, 6.45) is 13.5. The standard InChI is InChI=1S/C25H37N5O2/c1-2-15-32-19-20-7-5-13-29(17-20)18-22-8-3-4-9-23(22)28-25(31)21-10-11-24(26-16-21)30-14-6-12-27-30/h2,10-12,16,20,22-23H,1,3-9,13-15,17-19H2,(H,28,31)/t20?,22-,23+/m0/s1. The van der Waals surface area contributed by atoms with Crippen LogP contribution in [-0.2, 0) is 4.74 Å². The maximum absolute atomic E-state index is 12.9. The van der Waals surface area contributed by atoms with Crippen LogP contribution in [-0.4, -0.2) is 67.4 Å². The monoisotopic (exact) mass is 439 g/mol. The summed E-state index contributed by atoms with van der Waals surface area (Å²) in [6.45, 7) is 9.34. The molecule has 2 fully saturated rings. The first kappa shape index (κ1) is 22.9. The summed E-state index contributed by atoms with van der Waals surface area (Å²) in [7, 11) is 0. The van der Waals surface area contributed by atoms with E-state index >= 15 is 0 Å². The molecule has 0 spiro atoms. The molecule has 174 valence electrons. The van der Waals surface area contributed by atoms with Gasteiger partial charge in [0.05, 0.1) is 18.8 Å². The summed E-state index contributed by atoms with van der Waals surface area (Å²) in [5.74, 6) is 1.89. The molecule has 1 saturated heterocycles. The van der Waals surface area contributed by atoms with Crippen LogP contribution in [0.25, 0.3) is 0 Å². The predicted octanol–water partition coefficient (Wildman–Crippen LogP) is 3.48. The van der Waals surface area contributed by atoms with Crippen LogP contribution in [0.5, 0.6) is 0 Å². The molecule has 1 aliphatic carbocycles. The SMILES string of the molecule is C=CCOCC1CCCN(C[C@@H]2CCCC[C@H]2NC(=O)c2ccc(N3CCC=N3)nc2)C1. The molecule has 3 aliphatic rings. The van der Waals surface area contributed by atoms with E-state index in [4.69, 9.17) is 4.74 Å². The number of anilines is 1. The Morgan fingerprint density at radius 2 is 2.12 bits per heavy atom. The van der Waals surface area contributed by atoms with Gasteiger partial charge in [-0.05, 0) is 56.2 Å². The Labute approximate surface area is 191 Å². The van der Waals surface area contributed by atoms with Crippen LogP contribution in [0.3, 0.4) is 0 Å². The molecular formula is C25H37N5O2. The number of aromatic nitrogens is 1. The van der Waals surface area contributed by atoms with Crippen molar-refractivity contribution in [2.75, 3.05) is 44.4 Å². The minimum atomic E-state index is -0.0137. The second kappa shape index (κ2) is 11.6. The third-order valence-corrected chi connectivity index (χ3v) is 6.88. The maximum atomic E-state index is 12.9. The summed E-state index contributed by atoms with van der Waals surface area (Å²) in [6, 6.07) is 3.98. The van der Waals surface area contributed by atoms with Crippen LogP contribution >= 0.6 is 0 Å². The molecule has 7 nitrogen and oxygen atoms in total. The number of pyridine rings is 1. The molecule has 4 rings (SSSR count). The van der Waals surface area contributed by atoms with E-state index in [-0.39, 0.29) is 11.9 Å². The molecule has 7 heteroatoms. The minimum Gasteiger partial charge on any atom is -0.377 e. The lowest BCUT2D eigenvalue weighted by Crippen LogP contribution is -2.48. The fraction of sp³-hybridized carbons (Fsp3) is 0.640. The second-order valence-corrected chi connectivity index (χ2v) is 9.33. The number of rotatable bonds is 9. The zero-order chi connectivity index (χ0) is 22.2. The normalized spacial score (nSPS) is 26.2. The highest BCUT2D eigenvalue weighted by molar-refractivity contribution is 5.94. The van der Waals surface area contributed by atoms with Gasteiger partial charge in [0.2, 0.25) is 0 Å². The van der Waals surface area contributed by atoms with E-state index in [1.807, 2.05) is 29.4 Å². The van der Waals surface area contributed by atoms with Crippen molar-refractivity contribution in [2.45, 2.75) is 51.0 Å². The Bertz CT molecular complexity index is 781. The number of amides is 1. The summed E-state index contributed by atoms with van der Waals surface area (Å²) in [5, 5.41) is 9.49. The van der Waals surface area contributed by atoms with Gasteiger partial charge >= 0.3 is 0 Å². The first-order valence-corrected chi connectivity index (χ1v) is 12.2. The Balaban J connectivity index is 1.30. The molecule has 0 radical (unpaired) electrons. The molecule has 32 heavy (non-hydrogen) atoms. The zero-order valence-corrected chi connectivity index (χ0v) is 19.1. The van der Waals surface area contributed by atoms with Crippen molar-refractivity contribution in [3.8, 4) is 0 Å². The molecule has 1 aromatic rings. The number of nitrogens with zero attached hydrogens (tertiary/aromatic N) is 4. The van der Waals surface area contributed by atoms with E-state index in [9.17, 15) is 4.79 Å². The lowest BCUT2D eigenvalue weighted by Gasteiger charge is -2.39. The first-order chi connectivity index (χ1) is 15.7. The number of ether oxygens (including phenoxy) is 1. The highest BCUT2D eigenvalue weighted by Gasteiger charge is 2.30. The Morgan fingerprint density at radius 1 is 1.22 bits per heavy atom. The molecule has 1 N–H and O–H groups in total. The molecule has 1 unspecified atom stereocenters. The van der Waals surface area contributed by atoms with Crippen LogP contribution in [0, 0.1) is 11.8 Å². The van der Waals surface area contributed by atoms with Gasteiger partial charge < -0.3 is 15.0 Å². The lowest BCUT2D eigenvalue weighted by molar-refractivity contribution is 0.0599. The van der Waals surface area contributed by atoms with Crippen LogP contribution in [0.1, 0.15) is 55.3 Å². The Hall–Kier alpha value is -2.25.